The molecule has 0 aliphatic rings. The van der Waals surface area contributed by atoms with Crippen LogP contribution in [0.15, 0.2) is 30.3 Å². The van der Waals surface area contributed by atoms with E-state index in [0.717, 1.165) is 5.69 Å². The Morgan fingerprint density at radius 1 is 1.38 bits per heavy atom. The van der Waals surface area contributed by atoms with E-state index in [1.807, 2.05) is 18.2 Å². The maximum atomic E-state index is 10.3. The first kappa shape index (κ1) is 13.1. The number of hydrogen-bond donors (Lipinski definition) is 4. The topological polar surface area (TPSA) is 90.8 Å². The molecule has 0 unspecified atom stereocenters. The van der Waals surface area contributed by atoms with E-state index in [1.54, 1.807) is 12.1 Å². The summed E-state index contributed by atoms with van der Waals surface area (Å²) < 4.78 is 14.5. The van der Waals surface area contributed by atoms with E-state index in [2.05, 4.69) is 15.2 Å². The van der Waals surface area contributed by atoms with Crippen LogP contribution in [0.1, 0.15) is 0 Å². The molecule has 0 spiro atoms. The molecule has 8 heteroatoms. The van der Waals surface area contributed by atoms with E-state index in [4.69, 9.17) is 22.0 Å². The highest BCUT2D eigenvalue weighted by atomic mass is 32.1. The van der Waals surface area contributed by atoms with Crippen LogP contribution in [0, 0.1) is 0 Å². The fraction of sp³-hybridized carbons (Fsp3) is 0.125. The van der Waals surface area contributed by atoms with Crippen molar-refractivity contribution in [2.24, 2.45) is 0 Å². The highest BCUT2D eigenvalue weighted by Crippen LogP contribution is 2.34. The van der Waals surface area contributed by atoms with Crippen molar-refractivity contribution in [1.82, 2.24) is 5.32 Å². The molecular formula is C8H11N2O4PS. The minimum atomic E-state index is -4.45. The van der Waals surface area contributed by atoms with Gasteiger partial charge in [-0.3, -0.25) is 4.52 Å². The zero-order valence-electron chi connectivity index (χ0n) is 8.16. The van der Waals surface area contributed by atoms with Crippen LogP contribution in [0.5, 0.6) is 0 Å². The number of rotatable bonds is 4. The number of anilines is 1. The molecule has 0 aliphatic heterocycles. The third kappa shape index (κ3) is 5.79. The van der Waals surface area contributed by atoms with Gasteiger partial charge in [0.15, 0.2) is 5.11 Å². The van der Waals surface area contributed by atoms with Gasteiger partial charge in [0.25, 0.3) is 0 Å². The third-order valence-electron chi connectivity index (χ3n) is 1.50. The fourth-order valence-electron chi connectivity index (χ4n) is 0.879. The summed E-state index contributed by atoms with van der Waals surface area (Å²) in [6.07, 6.45) is 0. The molecular weight excluding hydrogens is 251 g/mol. The number of phosphoric acid groups is 1. The average Bonchev–Trinajstić information content (AvgIpc) is 2.17. The second-order valence-corrected chi connectivity index (χ2v) is 4.41. The molecule has 0 heterocycles. The lowest BCUT2D eigenvalue weighted by Gasteiger charge is -2.10. The number of phosphoric ester groups is 1. The lowest BCUT2D eigenvalue weighted by atomic mass is 10.3. The smallest absolute Gasteiger partial charge is 0.339 e. The molecule has 0 saturated heterocycles. The highest BCUT2D eigenvalue weighted by Gasteiger charge is 2.12. The second-order valence-electron chi connectivity index (χ2n) is 2.76. The van der Waals surface area contributed by atoms with Gasteiger partial charge in [-0.05, 0) is 24.4 Å². The standard InChI is InChI=1S/C8H11N2O4PS/c11-15(12,13)14-6-9-8(16)10-7-4-2-1-3-5-7/h1-5H,6H2,(H2,9,10,16)(H2,11,12,13). The first-order chi connectivity index (χ1) is 7.47. The number of para-hydroxylation sites is 1. The molecule has 0 atom stereocenters. The van der Waals surface area contributed by atoms with Gasteiger partial charge >= 0.3 is 7.82 Å². The number of hydrogen-bond acceptors (Lipinski definition) is 3. The number of thiocarbonyl (C=S) groups is 1. The van der Waals surface area contributed by atoms with Crippen molar-refractivity contribution in [1.29, 1.82) is 0 Å². The zero-order chi connectivity index (χ0) is 12.0. The maximum Gasteiger partial charge on any atom is 0.471 e. The van der Waals surface area contributed by atoms with Crippen molar-refractivity contribution in [2.75, 3.05) is 12.0 Å². The van der Waals surface area contributed by atoms with E-state index in [0.29, 0.717) is 0 Å². The molecule has 1 aromatic carbocycles. The molecule has 0 amide bonds. The molecule has 16 heavy (non-hydrogen) atoms. The van der Waals surface area contributed by atoms with E-state index < -0.39 is 7.82 Å². The summed E-state index contributed by atoms with van der Waals surface area (Å²) in [4.78, 5) is 16.8. The summed E-state index contributed by atoms with van der Waals surface area (Å²) in [6.45, 7) is -0.358. The average molecular weight is 262 g/mol. The molecule has 0 bridgehead atoms. The van der Waals surface area contributed by atoms with Crippen LogP contribution in [0.3, 0.4) is 0 Å². The lowest BCUT2D eigenvalue weighted by Crippen LogP contribution is -2.30. The Bertz CT molecular complexity index is 394. The van der Waals surface area contributed by atoms with Crippen LogP contribution in [-0.2, 0) is 9.09 Å². The predicted molar refractivity (Wildman–Crippen MR) is 63.8 cm³/mol. The van der Waals surface area contributed by atoms with Gasteiger partial charge in [-0.15, -0.1) is 0 Å². The summed E-state index contributed by atoms with van der Waals surface area (Å²) in [7, 11) is -4.45. The Hall–Kier alpha value is -0.980. The summed E-state index contributed by atoms with van der Waals surface area (Å²) in [5.41, 5.74) is 0.774. The van der Waals surface area contributed by atoms with E-state index in [9.17, 15) is 4.57 Å². The molecule has 0 radical (unpaired) electrons. The first-order valence-corrected chi connectivity index (χ1v) is 6.21. The summed E-state index contributed by atoms with van der Waals surface area (Å²) >= 11 is 4.87. The second kappa shape index (κ2) is 5.93. The van der Waals surface area contributed by atoms with E-state index >= 15 is 0 Å². The van der Waals surface area contributed by atoms with Crippen molar-refractivity contribution in [3.05, 3.63) is 30.3 Å². The van der Waals surface area contributed by atoms with Crippen molar-refractivity contribution in [3.8, 4) is 0 Å². The number of nitrogens with one attached hydrogen (secondary N) is 2. The van der Waals surface area contributed by atoms with Crippen LogP contribution in [0.2, 0.25) is 0 Å². The monoisotopic (exact) mass is 262 g/mol. The minimum Gasteiger partial charge on any atom is -0.339 e. The molecule has 0 saturated carbocycles. The third-order valence-corrected chi connectivity index (χ3v) is 2.21. The van der Waals surface area contributed by atoms with Crippen molar-refractivity contribution in [3.63, 3.8) is 0 Å². The van der Waals surface area contributed by atoms with Gasteiger partial charge in [0.1, 0.15) is 6.73 Å². The van der Waals surface area contributed by atoms with E-state index in [1.165, 1.54) is 0 Å². The highest BCUT2D eigenvalue weighted by molar-refractivity contribution is 7.80. The van der Waals surface area contributed by atoms with Crippen LogP contribution in [-0.4, -0.2) is 21.6 Å². The van der Waals surface area contributed by atoms with Gasteiger partial charge < -0.3 is 20.4 Å². The Kier molecular flexibility index (Phi) is 4.85. The van der Waals surface area contributed by atoms with Gasteiger partial charge in [-0.1, -0.05) is 18.2 Å². The first-order valence-electron chi connectivity index (χ1n) is 4.27. The van der Waals surface area contributed by atoms with Crippen molar-refractivity contribution < 1.29 is 18.9 Å². The lowest BCUT2D eigenvalue weighted by molar-refractivity contribution is 0.194. The minimum absolute atomic E-state index is 0.222. The summed E-state index contributed by atoms with van der Waals surface area (Å²) in [6, 6.07) is 9.13. The SMILES string of the molecule is O=P(O)(O)OCNC(=S)Nc1ccccc1. The maximum absolute atomic E-state index is 10.3. The van der Waals surface area contributed by atoms with Gasteiger partial charge in [0, 0.05) is 5.69 Å². The normalized spacial score (nSPS) is 10.9. The number of benzene rings is 1. The molecule has 0 fully saturated rings. The van der Waals surface area contributed by atoms with Crippen LogP contribution in [0.25, 0.3) is 0 Å². The van der Waals surface area contributed by atoms with Crippen LogP contribution in [0.4, 0.5) is 5.69 Å². The molecule has 0 aromatic heterocycles. The van der Waals surface area contributed by atoms with Crippen LogP contribution < -0.4 is 10.6 Å². The molecule has 0 aliphatic carbocycles. The van der Waals surface area contributed by atoms with Gasteiger partial charge in [0.2, 0.25) is 0 Å². The Labute approximate surface area is 97.9 Å². The quantitative estimate of drug-likeness (QED) is 0.366. The summed E-state index contributed by atoms with van der Waals surface area (Å²) in [5, 5.41) is 5.53. The van der Waals surface area contributed by atoms with Gasteiger partial charge in [-0.2, -0.15) is 0 Å². The zero-order valence-corrected chi connectivity index (χ0v) is 9.87. The molecule has 6 nitrogen and oxygen atoms in total. The van der Waals surface area contributed by atoms with Gasteiger partial charge in [-0.25, -0.2) is 4.57 Å². The van der Waals surface area contributed by atoms with Crippen LogP contribution >= 0.6 is 20.0 Å². The molecule has 4 N–H and O–H groups in total. The largest absolute Gasteiger partial charge is 0.471 e. The fourth-order valence-corrected chi connectivity index (χ4v) is 1.29. The molecule has 1 rings (SSSR count). The van der Waals surface area contributed by atoms with Crippen molar-refractivity contribution in [2.45, 2.75) is 0 Å². The summed E-state index contributed by atoms with van der Waals surface area (Å²) in [5.74, 6) is 0. The Balaban J connectivity index is 2.30. The van der Waals surface area contributed by atoms with Gasteiger partial charge in [0.05, 0.1) is 0 Å². The molecule has 88 valence electrons. The Morgan fingerprint density at radius 2 is 2.00 bits per heavy atom. The predicted octanol–water partition coefficient (Wildman–Crippen LogP) is 1.04. The molecule has 1 aromatic rings. The van der Waals surface area contributed by atoms with E-state index in [-0.39, 0.29) is 11.8 Å². The Morgan fingerprint density at radius 3 is 2.56 bits per heavy atom. The van der Waals surface area contributed by atoms with Crippen molar-refractivity contribution >= 4 is 30.8 Å².